The van der Waals surface area contributed by atoms with E-state index in [1.165, 1.54) is 6.92 Å². The summed E-state index contributed by atoms with van der Waals surface area (Å²) in [5.74, 6) is -5.09. The molecule has 4 atom stereocenters. The number of hydrogen-bond acceptors (Lipinski definition) is 7. The molecule has 3 amide bonds. The standard InChI is InChI=1S/C24H34N6O7/c1-13(28-22(34)16(26)10-14-12-27-17-7-3-2-6-15(14)17)21(33)30-19(11-20(31)32)23(35)29-18(24(36)37)8-4-5-9-25/h2-3,6-7,12-13,16,18-19,27H,4-5,8-11,25-26H2,1H3,(H,28,34)(H,29,35)(H,30,33)(H,31,32)(H,36,37). The summed E-state index contributed by atoms with van der Waals surface area (Å²) in [4.78, 5) is 63.7. The van der Waals surface area contributed by atoms with Crippen molar-refractivity contribution in [2.75, 3.05) is 6.54 Å². The van der Waals surface area contributed by atoms with E-state index in [-0.39, 0.29) is 12.8 Å². The maximum absolute atomic E-state index is 12.6. The molecule has 0 aliphatic rings. The lowest BCUT2D eigenvalue weighted by molar-refractivity contribution is -0.143. The van der Waals surface area contributed by atoms with Crippen LogP contribution >= 0.6 is 0 Å². The highest BCUT2D eigenvalue weighted by atomic mass is 16.4. The third-order valence-electron chi connectivity index (χ3n) is 5.78. The second-order valence-electron chi connectivity index (χ2n) is 8.74. The first-order valence-corrected chi connectivity index (χ1v) is 11.9. The first-order chi connectivity index (χ1) is 17.5. The van der Waals surface area contributed by atoms with E-state index in [0.717, 1.165) is 16.5 Å². The number of carboxylic acid groups (broad SMARTS) is 2. The van der Waals surface area contributed by atoms with Gasteiger partial charge in [-0.1, -0.05) is 18.2 Å². The first-order valence-electron chi connectivity index (χ1n) is 11.9. The molecule has 0 aliphatic heterocycles. The van der Waals surface area contributed by atoms with Gasteiger partial charge in [-0.25, -0.2) is 4.79 Å². The van der Waals surface area contributed by atoms with Crippen LogP contribution in [0.15, 0.2) is 30.5 Å². The molecule has 202 valence electrons. The van der Waals surface area contributed by atoms with Crippen LogP contribution in [0.2, 0.25) is 0 Å². The Balaban J connectivity index is 1.97. The number of rotatable bonds is 15. The molecular weight excluding hydrogens is 484 g/mol. The Labute approximate surface area is 213 Å². The van der Waals surface area contributed by atoms with Gasteiger partial charge in [0.15, 0.2) is 0 Å². The Kier molecular flexibility index (Phi) is 11.0. The fourth-order valence-electron chi connectivity index (χ4n) is 3.72. The minimum absolute atomic E-state index is 0.0901. The minimum atomic E-state index is -1.55. The molecule has 37 heavy (non-hydrogen) atoms. The molecular formula is C24H34N6O7. The van der Waals surface area contributed by atoms with Crippen LogP contribution in [0, 0.1) is 0 Å². The molecule has 2 aromatic rings. The molecule has 10 N–H and O–H groups in total. The van der Waals surface area contributed by atoms with E-state index < -0.39 is 60.2 Å². The number of H-pyrrole nitrogens is 1. The van der Waals surface area contributed by atoms with Crippen molar-refractivity contribution in [1.29, 1.82) is 0 Å². The average molecular weight is 519 g/mol. The highest BCUT2D eigenvalue weighted by Crippen LogP contribution is 2.18. The monoisotopic (exact) mass is 518 g/mol. The summed E-state index contributed by atoms with van der Waals surface area (Å²) in [6, 6.07) is 2.56. The fraction of sp³-hybridized carbons (Fsp3) is 0.458. The number of amides is 3. The maximum atomic E-state index is 12.6. The maximum Gasteiger partial charge on any atom is 0.326 e. The van der Waals surface area contributed by atoms with E-state index in [4.69, 9.17) is 16.6 Å². The number of carbonyl (C=O) groups is 5. The van der Waals surface area contributed by atoms with Crippen molar-refractivity contribution < 1.29 is 34.2 Å². The van der Waals surface area contributed by atoms with Gasteiger partial charge >= 0.3 is 11.9 Å². The molecule has 0 bridgehead atoms. The second-order valence-corrected chi connectivity index (χ2v) is 8.74. The Hall–Kier alpha value is -3.97. The van der Waals surface area contributed by atoms with E-state index in [1.807, 2.05) is 24.3 Å². The molecule has 0 saturated carbocycles. The van der Waals surface area contributed by atoms with Crippen molar-refractivity contribution in [2.45, 2.75) is 63.2 Å². The van der Waals surface area contributed by atoms with E-state index in [1.54, 1.807) is 6.20 Å². The number of hydrogen-bond donors (Lipinski definition) is 8. The van der Waals surface area contributed by atoms with E-state index in [9.17, 15) is 29.1 Å². The number of benzene rings is 1. The summed E-state index contributed by atoms with van der Waals surface area (Å²) in [6.45, 7) is 1.71. The molecule has 0 spiro atoms. The quantitative estimate of drug-likeness (QED) is 0.138. The Morgan fingerprint density at radius 3 is 2.27 bits per heavy atom. The lowest BCUT2D eigenvalue weighted by Crippen LogP contribution is -2.56. The molecule has 0 fully saturated rings. The van der Waals surface area contributed by atoms with Crippen molar-refractivity contribution in [3.63, 3.8) is 0 Å². The number of carboxylic acids is 2. The highest BCUT2D eigenvalue weighted by molar-refractivity contribution is 5.95. The molecule has 0 radical (unpaired) electrons. The van der Waals surface area contributed by atoms with Gasteiger partial charge in [0.1, 0.15) is 18.1 Å². The Morgan fingerprint density at radius 1 is 0.946 bits per heavy atom. The van der Waals surface area contributed by atoms with Crippen molar-refractivity contribution in [3.05, 3.63) is 36.0 Å². The third-order valence-corrected chi connectivity index (χ3v) is 5.78. The van der Waals surface area contributed by atoms with Gasteiger partial charge in [-0.05, 0) is 50.8 Å². The number of aromatic nitrogens is 1. The molecule has 1 aromatic carbocycles. The molecule has 13 nitrogen and oxygen atoms in total. The van der Waals surface area contributed by atoms with E-state index in [2.05, 4.69) is 20.9 Å². The van der Waals surface area contributed by atoms with Gasteiger partial charge < -0.3 is 42.6 Å². The van der Waals surface area contributed by atoms with Crippen molar-refractivity contribution in [1.82, 2.24) is 20.9 Å². The number of aromatic amines is 1. The van der Waals surface area contributed by atoms with Crippen molar-refractivity contribution in [3.8, 4) is 0 Å². The van der Waals surface area contributed by atoms with Crippen molar-refractivity contribution in [2.24, 2.45) is 11.5 Å². The molecule has 2 rings (SSSR count). The van der Waals surface area contributed by atoms with Crippen molar-refractivity contribution >= 4 is 40.6 Å². The molecule has 0 aliphatic carbocycles. The van der Waals surface area contributed by atoms with Gasteiger partial charge in [0.25, 0.3) is 0 Å². The number of unbranched alkanes of at least 4 members (excludes halogenated alkanes) is 1. The zero-order chi connectivity index (χ0) is 27.5. The highest BCUT2D eigenvalue weighted by Gasteiger charge is 2.30. The van der Waals surface area contributed by atoms with Crippen LogP contribution in [0.4, 0.5) is 0 Å². The number of para-hydroxylation sites is 1. The summed E-state index contributed by atoms with van der Waals surface area (Å²) in [6.07, 6.45) is 2.25. The zero-order valence-corrected chi connectivity index (χ0v) is 20.5. The number of nitrogens with two attached hydrogens (primary N) is 2. The number of aliphatic carboxylic acids is 2. The summed E-state index contributed by atoms with van der Waals surface area (Å²) in [5.41, 5.74) is 13.2. The van der Waals surface area contributed by atoms with E-state index in [0.29, 0.717) is 19.4 Å². The fourth-order valence-corrected chi connectivity index (χ4v) is 3.72. The first kappa shape index (κ1) is 29.3. The van der Waals surface area contributed by atoms with Gasteiger partial charge in [-0.3, -0.25) is 19.2 Å². The SMILES string of the molecule is CC(NC(=O)C(N)Cc1c[nH]c2ccccc12)C(=O)NC(CC(=O)O)C(=O)NC(CCCCN)C(=O)O. The summed E-state index contributed by atoms with van der Waals surface area (Å²) in [5, 5.41) is 26.4. The minimum Gasteiger partial charge on any atom is -0.481 e. The van der Waals surface area contributed by atoms with Crippen LogP contribution in [0.5, 0.6) is 0 Å². The van der Waals surface area contributed by atoms with E-state index >= 15 is 0 Å². The number of carbonyl (C=O) groups excluding carboxylic acids is 3. The number of fused-ring (bicyclic) bond motifs is 1. The molecule has 1 aromatic heterocycles. The van der Waals surface area contributed by atoms with Gasteiger partial charge in [-0.2, -0.15) is 0 Å². The molecule has 4 unspecified atom stereocenters. The van der Waals surface area contributed by atoms with Crippen LogP contribution in [0.25, 0.3) is 10.9 Å². The number of nitrogens with one attached hydrogen (secondary N) is 4. The summed E-state index contributed by atoms with van der Waals surface area (Å²) >= 11 is 0. The summed E-state index contributed by atoms with van der Waals surface area (Å²) in [7, 11) is 0. The van der Waals surface area contributed by atoms with Crippen LogP contribution < -0.4 is 27.4 Å². The topological polar surface area (TPSA) is 230 Å². The third kappa shape index (κ3) is 8.88. The molecule has 13 heteroatoms. The van der Waals surface area contributed by atoms with Crippen LogP contribution in [-0.4, -0.2) is 75.6 Å². The van der Waals surface area contributed by atoms with Crippen LogP contribution in [0.1, 0.15) is 38.2 Å². The summed E-state index contributed by atoms with van der Waals surface area (Å²) < 4.78 is 0. The Morgan fingerprint density at radius 2 is 1.62 bits per heavy atom. The van der Waals surface area contributed by atoms with Crippen LogP contribution in [-0.2, 0) is 30.4 Å². The normalized spacial score (nSPS) is 14.2. The van der Waals surface area contributed by atoms with Gasteiger partial charge in [0.05, 0.1) is 12.5 Å². The lowest BCUT2D eigenvalue weighted by atomic mass is 10.0. The molecule has 0 saturated heterocycles. The zero-order valence-electron chi connectivity index (χ0n) is 20.5. The van der Waals surface area contributed by atoms with Crippen LogP contribution in [0.3, 0.4) is 0 Å². The predicted octanol–water partition coefficient (Wildman–Crippen LogP) is -0.800. The lowest BCUT2D eigenvalue weighted by Gasteiger charge is -2.23. The second kappa shape index (κ2) is 13.9. The van der Waals surface area contributed by atoms with Gasteiger partial charge in [-0.15, -0.1) is 0 Å². The smallest absolute Gasteiger partial charge is 0.326 e. The average Bonchev–Trinajstić information content (AvgIpc) is 3.25. The van der Waals surface area contributed by atoms with Gasteiger partial charge in [0.2, 0.25) is 17.7 Å². The predicted molar refractivity (Wildman–Crippen MR) is 134 cm³/mol. The van der Waals surface area contributed by atoms with Gasteiger partial charge in [0, 0.05) is 17.1 Å². The molecule has 1 heterocycles. The largest absolute Gasteiger partial charge is 0.481 e. The Bertz CT molecular complexity index is 1120.